The minimum absolute atomic E-state index is 0.117. The zero-order chi connectivity index (χ0) is 12.8. The summed E-state index contributed by atoms with van der Waals surface area (Å²) in [6, 6.07) is 1.35. The first-order valence-electron chi connectivity index (χ1n) is 5.50. The molecule has 0 bridgehead atoms. The molecule has 0 spiro atoms. The molecule has 0 unspecified atom stereocenters. The Morgan fingerprint density at radius 3 is 2.94 bits per heavy atom. The number of hydrogen-bond acceptors (Lipinski definition) is 4. The lowest BCUT2D eigenvalue weighted by molar-refractivity contribution is -0.392. The van der Waals surface area contributed by atoms with Gasteiger partial charge in [-0.3, -0.25) is 4.79 Å². The number of nitrogens with zero attached hydrogens (tertiary/aromatic N) is 3. The Kier molecular flexibility index (Phi) is 4.62. The van der Waals surface area contributed by atoms with Gasteiger partial charge in [-0.25, -0.2) is 0 Å². The molecule has 0 radical (unpaired) electrons. The first-order chi connectivity index (χ1) is 8.04. The summed E-state index contributed by atoms with van der Waals surface area (Å²) in [6.45, 7) is 4.14. The third-order valence-electron chi connectivity index (χ3n) is 2.21. The summed E-state index contributed by atoms with van der Waals surface area (Å²) < 4.78 is 1.11. The van der Waals surface area contributed by atoms with Gasteiger partial charge in [0, 0.05) is 6.54 Å². The number of amides is 1. The van der Waals surface area contributed by atoms with Crippen LogP contribution in [-0.2, 0) is 11.3 Å². The van der Waals surface area contributed by atoms with Crippen LogP contribution in [0.4, 0.5) is 5.82 Å². The van der Waals surface area contributed by atoms with Crippen LogP contribution >= 0.6 is 0 Å². The van der Waals surface area contributed by atoms with Crippen LogP contribution in [0.2, 0.25) is 0 Å². The van der Waals surface area contributed by atoms with Gasteiger partial charge in [0.05, 0.1) is 11.8 Å². The van der Waals surface area contributed by atoms with Gasteiger partial charge >= 0.3 is 5.82 Å². The molecule has 94 valence electrons. The van der Waals surface area contributed by atoms with E-state index in [9.17, 15) is 14.9 Å². The van der Waals surface area contributed by atoms with E-state index in [1.54, 1.807) is 6.92 Å². The smallest absolute Gasteiger partial charge is 0.345 e. The van der Waals surface area contributed by atoms with Crippen molar-refractivity contribution in [1.29, 1.82) is 0 Å². The van der Waals surface area contributed by atoms with Crippen LogP contribution in [-0.4, -0.2) is 27.2 Å². The molecule has 0 aromatic carbocycles. The van der Waals surface area contributed by atoms with Crippen molar-refractivity contribution < 1.29 is 9.72 Å². The van der Waals surface area contributed by atoms with Crippen LogP contribution in [0.15, 0.2) is 6.07 Å². The molecule has 0 atom stereocenters. The van der Waals surface area contributed by atoms with Crippen LogP contribution in [0.25, 0.3) is 0 Å². The van der Waals surface area contributed by atoms with E-state index in [4.69, 9.17) is 0 Å². The van der Waals surface area contributed by atoms with Crippen molar-refractivity contribution in [2.24, 2.45) is 0 Å². The minimum atomic E-state index is -0.542. The Morgan fingerprint density at radius 2 is 2.35 bits per heavy atom. The highest BCUT2D eigenvalue weighted by Gasteiger charge is 2.18. The Hall–Kier alpha value is -1.92. The lowest BCUT2D eigenvalue weighted by atomic mass is 10.3. The second-order valence-electron chi connectivity index (χ2n) is 3.76. The van der Waals surface area contributed by atoms with E-state index >= 15 is 0 Å². The van der Waals surface area contributed by atoms with Crippen LogP contribution in [0.5, 0.6) is 0 Å². The fourth-order valence-electron chi connectivity index (χ4n) is 1.39. The van der Waals surface area contributed by atoms with Gasteiger partial charge in [-0.1, -0.05) is 18.4 Å². The van der Waals surface area contributed by atoms with E-state index in [1.165, 1.54) is 6.07 Å². The molecule has 17 heavy (non-hydrogen) atoms. The molecule has 1 heterocycles. The second-order valence-corrected chi connectivity index (χ2v) is 3.76. The molecule has 0 fully saturated rings. The molecule has 1 rings (SSSR count). The molecule has 1 amide bonds. The summed E-state index contributed by atoms with van der Waals surface area (Å²) in [5, 5.41) is 17.3. The zero-order valence-electron chi connectivity index (χ0n) is 9.97. The summed E-state index contributed by atoms with van der Waals surface area (Å²) in [5.74, 6) is -0.419. The molecule has 0 saturated carbocycles. The number of carbonyl (C=O) groups is 1. The highest BCUT2D eigenvalue weighted by molar-refractivity contribution is 5.75. The highest BCUT2D eigenvalue weighted by Crippen LogP contribution is 2.12. The molecule has 1 aromatic rings. The molecule has 1 N–H and O–H groups in total. The maximum Gasteiger partial charge on any atom is 0.345 e. The number of hydrogen-bond donors (Lipinski definition) is 1. The van der Waals surface area contributed by atoms with Crippen molar-refractivity contribution in [3.05, 3.63) is 21.9 Å². The van der Waals surface area contributed by atoms with Gasteiger partial charge in [-0.05, 0) is 18.3 Å². The van der Waals surface area contributed by atoms with Gasteiger partial charge in [-0.2, -0.15) is 0 Å². The zero-order valence-corrected chi connectivity index (χ0v) is 9.97. The largest absolute Gasteiger partial charge is 0.358 e. The van der Waals surface area contributed by atoms with E-state index in [0.717, 1.165) is 17.5 Å². The second kappa shape index (κ2) is 5.97. The van der Waals surface area contributed by atoms with Gasteiger partial charge in [0.1, 0.15) is 0 Å². The van der Waals surface area contributed by atoms with Crippen molar-refractivity contribution in [3.63, 3.8) is 0 Å². The summed E-state index contributed by atoms with van der Waals surface area (Å²) in [6.07, 6.45) is 1.88. The molecule has 0 aliphatic carbocycles. The fraction of sp³-hybridized carbons (Fsp3) is 0.600. The highest BCUT2D eigenvalue weighted by atomic mass is 16.6. The van der Waals surface area contributed by atoms with Crippen LogP contribution in [0, 0.1) is 17.0 Å². The normalized spacial score (nSPS) is 10.2. The average molecular weight is 240 g/mol. The van der Waals surface area contributed by atoms with E-state index in [0.29, 0.717) is 12.2 Å². The van der Waals surface area contributed by atoms with Crippen molar-refractivity contribution in [2.75, 3.05) is 6.54 Å². The summed E-state index contributed by atoms with van der Waals surface area (Å²) in [7, 11) is 0. The topological polar surface area (TPSA) is 90.1 Å². The van der Waals surface area contributed by atoms with Crippen molar-refractivity contribution >= 4 is 11.7 Å². The molecule has 0 aliphatic heterocycles. The minimum Gasteiger partial charge on any atom is -0.358 e. The lowest BCUT2D eigenvalue weighted by Gasteiger charge is -2.02. The lowest BCUT2D eigenvalue weighted by Crippen LogP contribution is -2.29. The first-order valence-corrected chi connectivity index (χ1v) is 5.50. The number of rotatable bonds is 6. The molecular weight excluding hydrogens is 224 g/mol. The SMILES string of the molecule is CCCCNC(=O)Cn1nc(C)cc1[N+](=O)[O-]. The third kappa shape index (κ3) is 3.86. The van der Waals surface area contributed by atoms with Crippen molar-refractivity contribution in [1.82, 2.24) is 15.1 Å². The molecule has 0 saturated heterocycles. The quantitative estimate of drug-likeness (QED) is 0.456. The predicted molar refractivity (Wildman–Crippen MR) is 61.5 cm³/mol. The Bertz CT molecular complexity index is 414. The summed E-state index contributed by atoms with van der Waals surface area (Å²) in [5.41, 5.74) is 0.526. The van der Waals surface area contributed by atoms with Crippen LogP contribution in [0.3, 0.4) is 0 Å². The molecule has 7 nitrogen and oxygen atoms in total. The summed E-state index contributed by atoms with van der Waals surface area (Å²) >= 11 is 0. The van der Waals surface area contributed by atoms with Crippen molar-refractivity contribution in [2.45, 2.75) is 33.2 Å². The molecule has 7 heteroatoms. The summed E-state index contributed by atoms with van der Waals surface area (Å²) in [4.78, 5) is 21.6. The van der Waals surface area contributed by atoms with E-state index < -0.39 is 4.92 Å². The first kappa shape index (κ1) is 13.1. The number of unbranched alkanes of at least 4 members (excludes halogenated alkanes) is 1. The monoisotopic (exact) mass is 240 g/mol. The average Bonchev–Trinajstić information content (AvgIpc) is 2.60. The Labute approximate surface area is 99.0 Å². The van der Waals surface area contributed by atoms with E-state index in [1.807, 2.05) is 6.92 Å². The van der Waals surface area contributed by atoms with Gasteiger partial charge in [0.25, 0.3) is 5.91 Å². The van der Waals surface area contributed by atoms with Crippen molar-refractivity contribution in [3.8, 4) is 0 Å². The standard InChI is InChI=1S/C10H16N4O3/c1-3-4-5-11-9(15)7-13-10(14(16)17)6-8(2)12-13/h6H,3-5,7H2,1-2H3,(H,11,15). The van der Waals surface area contributed by atoms with Gasteiger partial charge in [-0.15, -0.1) is 4.68 Å². The number of carbonyl (C=O) groups excluding carboxylic acids is 1. The predicted octanol–water partition coefficient (Wildman–Crippen LogP) is 1.02. The van der Waals surface area contributed by atoms with E-state index in [2.05, 4.69) is 10.4 Å². The van der Waals surface area contributed by atoms with Gasteiger partial charge < -0.3 is 15.4 Å². The number of nitro groups is 1. The fourth-order valence-corrected chi connectivity index (χ4v) is 1.39. The Morgan fingerprint density at radius 1 is 1.65 bits per heavy atom. The molecule has 1 aromatic heterocycles. The maximum atomic E-state index is 11.5. The van der Waals surface area contributed by atoms with E-state index in [-0.39, 0.29) is 18.3 Å². The van der Waals surface area contributed by atoms with Crippen LogP contribution < -0.4 is 5.32 Å². The van der Waals surface area contributed by atoms with Crippen LogP contribution in [0.1, 0.15) is 25.5 Å². The number of aryl methyl sites for hydroxylation is 1. The van der Waals surface area contributed by atoms with Gasteiger partial charge in [0.15, 0.2) is 6.54 Å². The number of aromatic nitrogens is 2. The van der Waals surface area contributed by atoms with Gasteiger partial charge in [0.2, 0.25) is 0 Å². The maximum absolute atomic E-state index is 11.5. The number of nitrogens with one attached hydrogen (secondary N) is 1. The Balaban J connectivity index is 2.61. The third-order valence-corrected chi connectivity index (χ3v) is 2.21. The molecular formula is C10H16N4O3. The molecule has 0 aliphatic rings.